The zero-order valence-electron chi connectivity index (χ0n) is 10.7. The molecule has 102 valence electrons. The lowest BCUT2D eigenvalue weighted by atomic mass is 10.0. The van der Waals surface area contributed by atoms with E-state index in [4.69, 9.17) is 0 Å². The zero-order valence-corrected chi connectivity index (χ0v) is 10.7. The van der Waals surface area contributed by atoms with Crippen LogP contribution in [0.2, 0.25) is 0 Å². The van der Waals surface area contributed by atoms with Crippen LogP contribution in [-0.2, 0) is 0 Å². The van der Waals surface area contributed by atoms with Gasteiger partial charge in [0.15, 0.2) is 0 Å². The van der Waals surface area contributed by atoms with Crippen molar-refractivity contribution in [2.45, 2.75) is 6.04 Å². The Morgan fingerprint density at radius 3 is 2.79 bits per heavy atom. The third-order valence-corrected chi connectivity index (χ3v) is 3.85. The Morgan fingerprint density at radius 1 is 1.37 bits per heavy atom. The molecule has 1 aromatic rings. The van der Waals surface area contributed by atoms with E-state index in [1.54, 1.807) is 12.3 Å². The van der Waals surface area contributed by atoms with Crippen molar-refractivity contribution < 1.29 is 4.92 Å². The van der Waals surface area contributed by atoms with Gasteiger partial charge < -0.3 is 10.2 Å². The van der Waals surface area contributed by atoms with Gasteiger partial charge in [0, 0.05) is 51.5 Å². The van der Waals surface area contributed by atoms with E-state index in [2.05, 4.69) is 20.1 Å². The van der Waals surface area contributed by atoms with Crippen LogP contribution in [0.25, 0.3) is 0 Å². The van der Waals surface area contributed by atoms with Gasteiger partial charge in [-0.25, -0.2) is 0 Å². The third-order valence-electron chi connectivity index (χ3n) is 3.85. The van der Waals surface area contributed by atoms with Crippen molar-refractivity contribution in [1.82, 2.24) is 15.2 Å². The number of nitrogens with zero attached hydrogens (tertiary/aromatic N) is 4. The number of hydrogen-bond acceptors (Lipinski definition) is 6. The fourth-order valence-electron chi connectivity index (χ4n) is 2.72. The second-order valence-corrected chi connectivity index (χ2v) is 4.97. The molecule has 7 heteroatoms. The van der Waals surface area contributed by atoms with E-state index < -0.39 is 0 Å². The maximum atomic E-state index is 11.0. The van der Waals surface area contributed by atoms with Gasteiger partial charge in [-0.2, -0.15) is 0 Å². The average molecular weight is 263 g/mol. The van der Waals surface area contributed by atoms with Gasteiger partial charge in [0.05, 0.1) is 4.92 Å². The molecule has 0 spiro atoms. The van der Waals surface area contributed by atoms with E-state index in [1.165, 1.54) is 6.20 Å². The molecule has 0 aromatic carbocycles. The Kier molecular flexibility index (Phi) is 3.31. The van der Waals surface area contributed by atoms with Crippen LogP contribution in [0.5, 0.6) is 0 Å². The maximum absolute atomic E-state index is 11.0. The van der Waals surface area contributed by atoms with Crippen molar-refractivity contribution in [2.75, 3.05) is 44.2 Å². The van der Waals surface area contributed by atoms with Crippen molar-refractivity contribution in [3.05, 3.63) is 28.6 Å². The van der Waals surface area contributed by atoms with Crippen LogP contribution in [0.15, 0.2) is 18.5 Å². The first kappa shape index (κ1) is 12.3. The number of rotatable bonds is 3. The highest BCUT2D eigenvalue weighted by molar-refractivity contribution is 5.63. The fraction of sp³-hybridized carbons (Fsp3) is 0.583. The number of nitrogens with one attached hydrogen (secondary N) is 1. The van der Waals surface area contributed by atoms with Gasteiger partial charge in [-0.3, -0.25) is 20.0 Å². The number of aromatic nitrogens is 1. The van der Waals surface area contributed by atoms with E-state index in [0.717, 1.165) is 39.3 Å². The maximum Gasteiger partial charge on any atom is 0.310 e. The summed E-state index contributed by atoms with van der Waals surface area (Å²) in [5.74, 6) is 0. The highest BCUT2D eigenvalue weighted by Crippen LogP contribution is 2.31. The molecule has 3 rings (SSSR count). The lowest BCUT2D eigenvalue weighted by molar-refractivity contribution is -0.384. The molecule has 0 amide bonds. The molecule has 1 N–H and O–H groups in total. The molecule has 2 saturated heterocycles. The van der Waals surface area contributed by atoms with Crippen LogP contribution in [0.4, 0.5) is 11.4 Å². The molecule has 0 aliphatic carbocycles. The predicted octanol–water partition coefficient (Wildman–Crippen LogP) is 0.0836. The number of pyridine rings is 1. The summed E-state index contributed by atoms with van der Waals surface area (Å²) in [5, 5.41) is 14.3. The summed E-state index contributed by atoms with van der Waals surface area (Å²) in [6.45, 7) is 5.93. The quantitative estimate of drug-likeness (QED) is 0.615. The molecule has 0 radical (unpaired) electrons. The Bertz CT molecular complexity index is 469. The van der Waals surface area contributed by atoms with Gasteiger partial charge in [-0.1, -0.05) is 0 Å². The minimum atomic E-state index is -0.361. The smallest absolute Gasteiger partial charge is 0.310 e. The topological polar surface area (TPSA) is 74.5 Å². The van der Waals surface area contributed by atoms with E-state index in [1.807, 2.05) is 0 Å². The molecule has 0 unspecified atom stereocenters. The number of piperazine rings is 1. The van der Waals surface area contributed by atoms with Crippen molar-refractivity contribution in [2.24, 2.45) is 0 Å². The minimum absolute atomic E-state index is 0.0984. The van der Waals surface area contributed by atoms with Gasteiger partial charge in [0.2, 0.25) is 0 Å². The lowest BCUT2D eigenvalue weighted by Gasteiger charge is -2.47. The first-order chi connectivity index (χ1) is 9.25. The normalized spacial score (nSPS) is 21.2. The standard InChI is InChI=1S/C12H17N5O2/c18-17(19)12-7-14-2-1-11(12)16-8-10(9-16)15-5-3-13-4-6-15/h1-2,7,10,13H,3-6,8-9H2. The molecule has 0 bridgehead atoms. The largest absolute Gasteiger partial charge is 0.363 e. The van der Waals surface area contributed by atoms with Crippen molar-refractivity contribution >= 4 is 11.4 Å². The fourth-order valence-corrected chi connectivity index (χ4v) is 2.72. The highest BCUT2D eigenvalue weighted by atomic mass is 16.6. The molecule has 0 atom stereocenters. The highest BCUT2D eigenvalue weighted by Gasteiger charge is 2.35. The van der Waals surface area contributed by atoms with Crippen LogP contribution in [-0.4, -0.2) is 60.1 Å². The van der Waals surface area contributed by atoms with Gasteiger partial charge in [-0.05, 0) is 6.07 Å². The summed E-state index contributed by atoms with van der Waals surface area (Å²) in [6.07, 6.45) is 2.94. The second-order valence-electron chi connectivity index (χ2n) is 4.97. The first-order valence-corrected chi connectivity index (χ1v) is 6.54. The molecule has 19 heavy (non-hydrogen) atoms. The Balaban J connectivity index is 1.65. The summed E-state index contributed by atoms with van der Waals surface area (Å²) in [4.78, 5) is 19.0. The van der Waals surface area contributed by atoms with Gasteiger partial charge in [-0.15, -0.1) is 0 Å². The average Bonchev–Trinajstić information content (AvgIpc) is 2.39. The van der Waals surface area contributed by atoms with Crippen LogP contribution in [0, 0.1) is 10.1 Å². The lowest BCUT2D eigenvalue weighted by Crippen LogP contribution is -2.63. The van der Waals surface area contributed by atoms with E-state index in [-0.39, 0.29) is 10.6 Å². The number of hydrogen-bond donors (Lipinski definition) is 1. The minimum Gasteiger partial charge on any atom is -0.363 e. The summed E-state index contributed by atoms with van der Waals surface area (Å²) in [5.41, 5.74) is 0.785. The van der Waals surface area contributed by atoms with Crippen LogP contribution in [0.1, 0.15) is 0 Å². The summed E-state index contributed by atoms with van der Waals surface area (Å²) in [6, 6.07) is 2.25. The summed E-state index contributed by atoms with van der Waals surface area (Å²) >= 11 is 0. The molecule has 0 saturated carbocycles. The molecule has 2 aliphatic heterocycles. The second kappa shape index (κ2) is 5.10. The van der Waals surface area contributed by atoms with Crippen molar-refractivity contribution in [3.63, 3.8) is 0 Å². The predicted molar refractivity (Wildman–Crippen MR) is 71.3 cm³/mol. The van der Waals surface area contributed by atoms with Gasteiger partial charge in [0.1, 0.15) is 11.9 Å². The van der Waals surface area contributed by atoms with Crippen LogP contribution >= 0.6 is 0 Å². The molecule has 3 heterocycles. The van der Waals surface area contributed by atoms with Crippen molar-refractivity contribution in [1.29, 1.82) is 0 Å². The number of nitro groups is 1. The zero-order chi connectivity index (χ0) is 13.2. The molecular weight excluding hydrogens is 246 g/mol. The Morgan fingerprint density at radius 2 is 2.11 bits per heavy atom. The van der Waals surface area contributed by atoms with Gasteiger partial charge in [0.25, 0.3) is 0 Å². The van der Waals surface area contributed by atoms with E-state index in [9.17, 15) is 10.1 Å². The molecule has 7 nitrogen and oxygen atoms in total. The van der Waals surface area contributed by atoms with Crippen molar-refractivity contribution in [3.8, 4) is 0 Å². The molecule has 2 fully saturated rings. The molecular formula is C12H17N5O2. The van der Waals surface area contributed by atoms with Gasteiger partial charge >= 0.3 is 5.69 Å². The van der Waals surface area contributed by atoms with Crippen LogP contribution in [0.3, 0.4) is 0 Å². The number of anilines is 1. The Labute approximate surface area is 111 Å². The first-order valence-electron chi connectivity index (χ1n) is 6.54. The molecule has 2 aliphatic rings. The van der Waals surface area contributed by atoms with Crippen LogP contribution < -0.4 is 10.2 Å². The Hall–Kier alpha value is -1.73. The van der Waals surface area contributed by atoms with E-state index in [0.29, 0.717) is 11.7 Å². The van der Waals surface area contributed by atoms with E-state index >= 15 is 0 Å². The monoisotopic (exact) mass is 263 g/mol. The third kappa shape index (κ3) is 2.39. The molecule has 1 aromatic heterocycles. The summed E-state index contributed by atoms with van der Waals surface area (Å²) < 4.78 is 0. The summed E-state index contributed by atoms with van der Waals surface area (Å²) in [7, 11) is 0. The SMILES string of the molecule is O=[N+]([O-])c1cnccc1N1CC(N2CCNCC2)C1.